The first kappa shape index (κ1) is 12.7. The van der Waals surface area contributed by atoms with E-state index in [2.05, 4.69) is 10.2 Å². The van der Waals surface area contributed by atoms with Gasteiger partial charge in [0.2, 0.25) is 6.79 Å². The van der Waals surface area contributed by atoms with Crippen LogP contribution in [0.15, 0.2) is 27.8 Å². The third-order valence-corrected chi connectivity index (χ3v) is 3.82. The fourth-order valence-corrected chi connectivity index (χ4v) is 2.61. The summed E-state index contributed by atoms with van der Waals surface area (Å²) in [6.45, 7) is 0.179. The summed E-state index contributed by atoms with van der Waals surface area (Å²) in [4.78, 5) is 24.4. The Balaban J connectivity index is 2.05. The van der Waals surface area contributed by atoms with Crippen LogP contribution in [0.1, 0.15) is 0 Å². The molecule has 3 aromatic rings. The van der Waals surface area contributed by atoms with Crippen molar-refractivity contribution in [1.82, 2.24) is 19.3 Å². The molecule has 8 heteroatoms. The van der Waals surface area contributed by atoms with Gasteiger partial charge in [-0.15, -0.1) is 0 Å². The smallest absolute Gasteiger partial charge is 0.332 e. The van der Waals surface area contributed by atoms with Crippen molar-refractivity contribution < 1.29 is 9.47 Å². The second-order valence-electron chi connectivity index (χ2n) is 5.07. The summed E-state index contributed by atoms with van der Waals surface area (Å²) in [6.07, 6.45) is 0. The summed E-state index contributed by atoms with van der Waals surface area (Å²) >= 11 is 0. The molecular weight excluding hydrogens is 288 g/mol. The fraction of sp³-hybridized carbons (Fsp3) is 0.214. The molecule has 22 heavy (non-hydrogen) atoms. The van der Waals surface area contributed by atoms with Gasteiger partial charge < -0.3 is 9.47 Å². The minimum atomic E-state index is -0.416. The van der Waals surface area contributed by atoms with Crippen LogP contribution in [0.3, 0.4) is 0 Å². The van der Waals surface area contributed by atoms with Crippen molar-refractivity contribution in [3.8, 4) is 22.8 Å². The van der Waals surface area contributed by atoms with Crippen LogP contribution >= 0.6 is 0 Å². The van der Waals surface area contributed by atoms with E-state index in [0.717, 1.165) is 10.1 Å². The summed E-state index contributed by atoms with van der Waals surface area (Å²) in [5, 5.41) is 7.31. The molecule has 112 valence electrons. The largest absolute Gasteiger partial charge is 0.454 e. The average Bonchev–Trinajstić information content (AvgIpc) is 3.16. The predicted molar refractivity (Wildman–Crippen MR) is 78.1 cm³/mol. The van der Waals surface area contributed by atoms with Crippen LogP contribution in [0.4, 0.5) is 0 Å². The lowest BCUT2D eigenvalue weighted by atomic mass is 10.1. The van der Waals surface area contributed by atoms with Crippen molar-refractivity contribution in [2.75, 3.05) is 6.79 Å². The zero-order valence-electron chi connectivity index (χ0n) is 11.9. The number of benzene rings is 1. The summed E-state index contributed by atoms with van der Waals surface area (Å²) in [5.74, 6) is 1.27. The summed E-state index contributed by atoms with van der Waals surface area (Å²) in [6, 6.07) is 5.36. The van der Waals surface area contributed by atoms with Crippen molar-refractivity contribution in [2.24, 2.45) is 14.1 Å². The van der Waals surface area contributed by atoms with Crippen molar-refractivity contribution in [3.05, 3.63) is 39.0 Å². The number of aromatic amines is 1. The van der Waals surface area contributed by atoms with Crippen molar-refractivity contribution >= 4 is 11.0 Å². The van der Waals surface area contributed by atoms with E-state index in [-0.39, 0.29) is 12.4 Å². The second kappa shape index (κ2) is 4.23. The Hall–Kier alpha value is -3.03. The van der Waals surface area contributed by atoms with Crippen molar-refractivity contribution in [1.29, 1.82) is 0 Å². The Bertz CT molecular complexity index is 1030. The lowest BCUT2D eigenvalue weighted by Crippen LogP contribution is -2.36. The molecule has 2 aromatic heterocycles. The number of nitrogens with one attached hydrogen (secondary N) is 1. The number of nitrogens with zero attached hydrogens (tertiary/aromatic N) is 3. The Morgan fingerprint density at radius 1 is 1.14 bits per heavy atom. The van der Waals surface area contributed by atoms with E-state index in [4.69, 9.17) is 9.47 Å². The summed E-state index contributed by atoms with van der Waals surface area (Å²) < 4.78 is 13.0. The number of ether oxygens (including phenoxy) is 2. The lowest BCUT2D eigenvalue weighted by molar-refractivity contribution is 0.174. The molecule has 1 aliphatic rings. The molecule has 8 nitrogen and oxygen atoms in total. The van der Waals surface area contributed by atoms with E-state index < -0.39 is 5.69 Å². The Labute approximate surface area is 123 Å². The third-order valence-electron chi connectivity index (χ3n) is 3.82. The maximum absolute atomic E-state index is 12.4. The van der Waals surface area contributed by atoms with E-state index in [1.165, 1.54) is 11.6 Å². The zero-order valence-corrected chi connectivity index (χ0v) is 11.9. The number of hydrogen-bond donors (Lipinski definition) is 1. The van der Waals surface area contributed by atoms with Crippen LogP contribution in [0.5, 0.6) is 11.5 Å². The minimum absolute atomic E-state index is 0.179. The molecule has 0 bridgehead atoms. The van der Waals surface area contributed by atoms with Gasteiger partial charge in [0.25, 0.3) is 5.56 Å². The molecule has 0 aliphatic carbocycles. The van der Waals surface area contributed by atoms with E-state index >= 15 is 0 Å². The Kier molecular flexibility index (Phi) is 2.44. The molecule has 0 radical (unpaired) electrons. The highest BCUT2D eigenvalue weighted by Gasteiger charge is 2.19. The highest BCUT2D eigenvalue weighted by Crippen LogP contribution is 2.36. The molecular formula is C14H12N4O4. The van der Waals surface area contributed by atoms with Gasteiger partial charge in [-0.1, -0.05) is 0 Å². The van der Waals surface area contributed by atoms with Gasteiger partial charge in [-0.05, 0) is 18.2 Å². The molecule has 0 saturated carbocycles. The number of aromatic nitrogens is 4. The third kappa shape index (κ3) is 1.54. The number of fused-ring (bicyclic) bond motifs is 2. The zero-order chi connectivity index (χ0) is 15.4. The van der Waals surface area contributed by atoms with Gasteiger partial charge in [-0.3, -0.25) is 19.0 Å². The van der Waals surface area contributed by atoms with Crippen LogP contribution < -0.4 is 20.7 Å². The van der Waals surface area contributed by atoms with E-state index in [1.54, 1.807) is 19.2 Å². The molecule has 0 saturated heterocycles. The molecule has 0 spiro atoms. The van der Waals surface area contributed by atoms with Crippen LogP contribution in [0.25, 0.3) is 22.3 Å². The van der Waals surface area contributed by atoms with Gasteiger partial charge in [0.1, 0.15) is 5.39 Å². The van der Waals surface area contributed by atoms with Gasteiger partial charge >= 0.3 is 5.69 Å². The highest BCUT2D eigenvalue weighted by atomic mass is 16.7. The molecule has 0 atom stereocenters. The van der Waals surface area contributed by atoms with Crippen molar-refractivity contribution in [3.63, 3.8) is 0 Å². The highest BCUT2D eigenvalue weighted by molar-refractivity contribution is 5.90. The van der Waals surface area contributed by atoms with Crippen LogP contribution in [-0.2, 0) is 14.1 Å². The molecule has 4 rings (SSSR count). The first-order valence-electron chi connectivity index (χ1n) is 6.62. The van der Waals surface area contributed by atoms with Crippen molar-refractivity contribution in [2.45, 2.75) is 0 Å². The molecule has 1 aliphatic heterocycles. The van der Waals surface area contributed by atoms with Gasteiger partial charge in [0.15, 0.2) is 17.1 Å². The van der Waals surface area contributed by atoms with Gasteiger partial charge in [-0.25, -0.2) is 4.79 Å². The lowest BCUT2D eigenvalue weighted by Gasteiger charge is -2.04. The van der Waals surface area contributed by atoms with Crippen LogP contribution in [0, 0.1) is 0 Å². The van der Waals surface area contributed by atoms with E-state index in [1.807, 2.05) is 6.07 Å². The summed E-state index contributed by atoms with van der Waals surface area (Å²) in [5.41, 5.74) is 0.800. The minimum Gasteiger partial charge on any atom is -0.454 e. The predicted octanol–water partition coefficient (Wildman–Crippen LogP) is 0.356. The molecule has 1 aromatic carbocycles. The van der Waals surface area contributed by atoms with E-state index in [0.29, 0.717) is 28.2 Å². The normalized spacial score (nSPS) is 13.0. The fourth-order valence-electron chi connectivity index (χ4n) is 2.61. The molecule has 0 unspecified atom stereocenters. The molecule has 0 fully saturated rings. The first-order chi connectivity index (χ1) is 10.6. The van der Waals surface area contributed by atoms with Crippen LogP contribution in [0.2, 0.25) is 0 Å². The number of hydrogen-bond acceptors (Lipinski definition) is 5. The van der Waals surface area contributed by atoms with E-state index in [9.17, 15) is 9.59 Å². The van der Waals surface area contributed by atoms with Crippen LogP contribution in [-0.4, -0.2) is 26.1 Å². The number of H-pyrrole nitrogens is 1. The Morgan fingerprint density at radius 2 is 1.91 bits per heavy atom. The molecule has 3 heterocycles. The Morgan fingerprint density at radius 3 is 2.73 bits per heavy atom. The maximum Gasteiger partial charge on any atom is 0.332 e. The number of rotatable bonds is 1. The van der Waals surface area contributed by atoms with Gasteiger partial charge in [0.05, 0.1) is 5.69 Å². The van der Waals surface area contributed by atoms with Gasteiger partial charge in [0, 0.05) is 19.7 Å². The van der Waals surface area contributed by atoms with Gasteiger partial charge in [-0.2, -0.15) is 5.10 Å². The molecule has 0 amide bonds. The second-order valence-corrected chi connectivity index (χ2v) is 5.07. The number of aryl methyl sites for hydroxylation is 1. The first-order valence-corrected chi connectivity index (χ1v) is 6.62. The monoisotopic (exact) mass is 300 g/mol. The average molecular weight is 300 g/mol. The maximum atomic E-state index is 12.4. The quantitative estimate of drug-likeness (QED) is 0.700. The SMILES string of the molecule is Cn1c(=O)c2c(-c3ccc4c(c3)OCO4)[nH]nc2n(C)c1=O. The topological polar surface area (TPSA) is 91.1 Å². The summed E-state index contributed by atoms with van der Waals surface area (Å²) in [7, 11) is 3.02. The molecule has 1 N–H and O–H groups in total. The standard InChI is InChI=1S/C14H12N4O4/c1-17-12-10(13(19)18(2)14(17)20)11(15-16-12)7-3-4-8-9(5-7)22-6-21-8/h3-5H,6H2,1-2H3,(H,15,16).